The van der Waals surface area contributed by atoms with Crippen LogP contribution in [0.25, 0.3) is 0 Å². The number of hydrogen-bond acceptors (Lipinski definition) is 6. The second-order valence-corrected chi connectivity index (χ2v) is 5.29. The van der Waals surface area contributed by atoms with Crippen molar-refractivity contribution in [2.45, 2.75) is 32.2 Å². The molecule has 0 spiro atoms. The van der Waals surface area contributed by atoms with E-state index in [-0.39, 0.29) is 6.04 Å². The highest BCUT2D eigenvalue weighted by Crippen LogP contribution is 2.21. The predicted octanol–water partition coefficient (Wildman–Crippen LogP) is 1.85. The second-order valence-electron chi connectivity index (χ2n) is 4.23. The van der Waals surface area contributed by atoms with Crippen molar-refractivity contribution in [3.63, 3.8) is 0 Å². The van der Waals surface area contributed by atoms with Gasteiger partial charge in [0.1, 0.15) is 0 Å². The highest BCUT2D eigenvalue weighted by atomic mass is 32.1. The number of hydrogen-bond donors (Lipinski definition) is 1. The van der Waals surface area contributed by atoms with Crippen LogP contribution in [0.15, 0.2) is 9.90 Å². The number of aromatic nitrogens is 3. The van der Waals surface area contributed by atoms with Gasteiger partial charge in [-0.25, -0.2) is 4.98 Å². The van der Waals surface area contributed by atoms with Crippen LogP contribution in [0.5, 0.6) is 0 Å². The van der Waals surface area contributed by atoms with E-state index in [4.69, 9.17) is 4.52 Å². The van der Waals surface area contributed by atoms with Crippen molar-refractivity contribution >= 4 is 11.3 Å². The summed E-state index contributed by atoms with van der Waals surface area (Å²) < 4.78 is 5.28. The number of nitrogens with one attached hydrogen (secondary N) is 1. The zero-order chi connectivity index (χ0) is 11.7. The molecule has 3 rings (SSSR count). The van der Waals surface area contributed by atoms with Crippen LogP contribution in [0.3, 0.4) is 0 Å². The normalized spacial score (nSPS) is 19.9. The van der Waals surface area contributed by atoms with Crippen LogP contribution >= 0.6 is 11.3 Å². The molecule has 0 radical (unpaired) electrons. The smallest absolute Gasteiger partial charge is 0.243 e. The summed E-state index contributed by atoms with van der Waals surface area (Å²) in [6.45, 7) is 3.03. The van der Waals surface area contributed by atoms with Crippen molar-refractivity contribution < 1.29 is 4.52 Å². The molecule has 0 amide bonds. The number of rotatable bonds is 3. The van der Waals surface area contributed by atoms with Gasteiger partial charge < -0.3 is 9.84 Å². The minimum absolute atomic E-state index is 0.244. The fraction of sp³-hybridized carbons (Fsp3) is 0.545. The van der Waals surface area contributed by atoms with E-state index in [2.05, 4.69) is 20.4 Å². The lowest BCUT2D eigenvalue weighted by molar-refractivity contribution is 0.341. The molecule has 1 fully saturated rings. The summed E-state index contributed by atoms with van der Waals surface area (Å²) in [6.07, 6.45) is 2.91. The van der Waals surface area contributed by atoms with Gasteiger partial charge in [0.25, 0.3) is 0 Å². The molecular formula is C11H14N4OS. The van der Waals surface area contributed by atoms with E-state index in [0.717, 1.165) is 29.5 Å². The third-order valence-corrected chi connectivity index (χ3v) is 3.67. The second kappa shape index (κ2) is 4.54. The average Bonchev–Trinajstić information content (AvgIpc) is 3.00. The van der Waals surface area contributed by atoms with E-state index < -0.39 is 0 Å². The van der Waals surface area contributed by atoms with Crippen molar-refractivity contribution in [1.82, 2.24) is 20.4 Å². The summed E-state index contributed by atoms with van der Waals surface area (Å²) in [5.74, 6) is 1.43. The lowest BCUT2D eigenvalue weighted by Crippen LogP contribution is -2.13. The summed E-state index contributed by atoms with van der Waals surface area (Å²) in [6, 6.07) is 0.244. The first-order valence-corrected chi connectivity index (χ1v) is 6.66. The first-order valence-electron chi connectivity index (χ1n) is 5.78. The van der Waals surface area contributed by atoms with E-state index >= 15 is 0 Å². The molecule has 3 heterocycles. The Kier molecular flexibility index (Phi) is 2.90. The highest BCUT2D eigenvalue weighted by molar-refractivity contribution is 7.09. The van der Waals surface area contributed by atoms with E-state index in [1.807, 2.05) is 12.3 Å². The van der Waals surface area contributed by atoms with Gasteiger partial charge in [-0.3, -0.25) is 0 Å². The van der Waals surface area contributed by atoms with Gasteiger partial charge in [0.05, 0.1) is 23.2 Å². The predicted molar refractivity (Wildman–Crippen MR) is 63.9 cm³/mol. The van der Waals surface area contributed by atoms with Gasteiger partial charge in [-0.05, 0) is 26.3 Å². The molecule has 2 aromatic heterocycles. The summed E-state index contributed by atoms with van der Waals surface area (Å²) >= 11 is 1.65. The maximum atomic E-state index is 5.28. The Morgan fingerprint density at radius 2 is 2.47 bits per heavy atom. The molecule has 1 aliphatic heterocycles. The molecule has 0 bridgehead atoms. The molecular weight excluding hydrogens is 236 g/mol. The van der Waals surface area contributed by atoms with Crippen LogP contribution in [0.2, 0.25) is 0 Å². The highest BCUT2D eigenvalue weighted by Gasteiger charge is 2.22. The zero-order valence-electron chi connectivity index (χ0n) is 9.64. The Morgan fingerprint density at radius 3 is 3.18 bits per heavy atom. The lowest BCUT2D eigenvalue weighted by Gasteiger charge is -2.01. The van der Waals surface area contributed by atoms with Gasteiger partial charge in [-0.1, -0.05) is 5.16 Å². The molecule has 17 heavy (non-hydrogen) atoms. The minimum atomic E-state index is 0.244. The van der Waals surface area contributed by atoms with Gasteiger partial charge in [0.2, 0.25) is 5.89 Å². The number of nitrogens with zero attached hydrogens (tertiary/aromatic N) is 3. The van der Waals surface area contributed by atoms with Gasteiger partial charge in [0.15, 0.2) is 5.82 Å². The molecule has 0 saturated carbocycles. The molecule has 1 saturated heterocycles. The minimum Gasteiger partial charge on any atom is -0.338 e. The summed E-state index contributed by atoms with van der Waals surface area (Å²) in [4.78, 5) is 8.82. The average molecular weight is 250 g/mol. The van der Waals surface area contributed by atoms with Gasteiger partial charge in [-0.15, -0.1) is 11.3 Å². The molecule has 2 aromatic rings. The van der Waals surface area contributed by atoms with Crippen LogP contribution in [-0.4, -0.2) is 21.7 Å². The molecule has 5 nitrogen and oxygen atoms in total. The van der Waals surface area contributed by atoms with Crippen LogP contribution in [0, 0.1) is 6.92 Å². The van der Waals surface area contributed by atoms with Crippen LogP contribution < -0.4 is 5.32 Å². The van der Waals surface area contributed by atoms with Crippen LogP contribution in [0.4, 0.5) is 0 Å². The molecule has 1 N–H and O–H groups in total. The molecule has 6 heteroatoms. The quantitative estimate of drug-likeness (QED) is 0.900. The van der Waals surface area contributed by atoms with Crippen LogP contribution in [0.1, 0.15) is 41.3 Å². The van der Waals surface area contributed by atoms with Crippen molar-refractivity contribution in [1.29, 1.82) is 0 Å². The number of aryl methyl sites for hydroxylation is 1. The summed E-state index contributed by atoms with van der Waals surface area (Å²) in [5, 5.41) is 10.5. The first kappa shape index (κ1) is 10.9. The fourth-order valence-corrected chi connectivity index (χ4v) is 2.64. The number of thiazole rings is 1. The van der Waals surface area contributed by atoms with Crippen molar-refractivity contribution in [3.05, 3.63) is 27.8 Å². The fourth-order valence-electron chi connectivity index (χ4n) is 2.03. The first-order chi connectivity index (χ1) is 8.31. The Bertz CT molecular complexity index is 501. The molecule has 90 valence electrons. The summed E-state index contributed by atoms with van der Waals surface area (Å²) in [5.41, 5.74) is 1.01. The third kappa shape index (κ3) is 2.37. The molecule has 0 aromatic carbocycles. The maximum Gasteiger partial charge on any atom is 0.243 e. The SMILES string of the molecule is Cc1nc(Cc2noc([C@@H]3CCCN3)n2)cs1. The van der Waals surface area contributed by atoms with E-state index in [9.17, 15) is 0 Å². The zero-order valence-corrected chi connectivity index (χ0v) is 10.5. The van der Waals surface area contributed by atoms with Gasteiger partial charge in [0, 0.05) is 5.38 Å². The maximum absolute atomic E-state index is 5.28. The molecule has 1 aliphatic rings. The Balaban J connectivity index is 1.71. The Labute approximate surface area is 103 Å². The largest absolute Gasteiger partial charge is 0.338 e. The summed E-state index contributed by atoms with van der Waals surface area (Å²) in [7, 11) is 0. The van der Waals surface area contributed by atoms with Crippen molar-refractivity contribution in [2.24, 2.45) is 0 Å². The Morgan fingerprint density at radius 1 is 1.53 bits per heavy atom. The monoisotopic (exact) mass is 250 g/mol. The standard InChI is InChI=1S/C11H14N4OS/c1-7-13-8(6-17-7)5-10-14-11(16-15-10)9-3-2-4-12-9/h6,9,12H,2-5H2,1H3/t9-/m0/s1. The molecule has 1 atom stereocenters. The van der Waals surface area contributed by atoms with E-state index in [1.165, 1.54) is 6.42 Å². The molecule has 0 unspecified atom stereocenters. The van der Waals surface area contributed by atoms with Gasteiger partial charge in [-0.2, -0.15) is 4.98 Å². The van der Waals surface area contributed by atoms with Crippen molar-refractivity contribution in [2.75, 3.05) is 6.54 Å². The van der Waals surface area contributed by atoms with E-state index in [0.29, 0.717) is 12.3 Å². The van der Waals surface area contributed by atoms with Crippen molar-refractivity contribution in [3.8, 4) is 0 Å². The lowest BCUT2D eigenvalue weighted by atomic mass is 10.2. The van der Waals surface area contributed by atoms with E-state index in [1.54, 1.807) is 11.3 Å². The van der Waals surface area contributed by atoms with Crippen LogP contribution in [-0.2, 0) is 6.42 Å². The Hall–Kier alpha value is -1.27. The third-order valence-electron chi connectivity index (χ3n) is 2.85. The topological polar surface area (TPSA) is 63.8 Å². The molecule has 0 aliphatic carbocycles. The van der Waals surface area contributed by atoms with Gasteiger partial charge >= 0.3 is 0 Å².